The Morgan fingerprint density at radius 2 is 1.96 bits per heavy atom. The highest BCUT2D eigenvalue weighted by atomic mass is 16.5. The first-order valence-corrected chi connectivity index (χ1v) is 9.93. The first kappa shape index (κ1) is 18.1. The maximum atomic E-state index is 12.8. The molecular formula is C22H27N3O2. The highest BCUT2D eigenvalue weighted by Gasteiger charge is 2.23. The molecule has 27 heavy (non-hydrogen) atoms. The van der Waals surface area contributed by atoms with Crippen molar-refractivity contribution in [2.75, 3.05) is 32.8 Å². The number of hydrogen-bond donors (Lipinski definition) is 1. The Bertz CT molecular complexity index is 772. The van der Waals surface area contributed by atoms with Crippen LogP contribution in [0.3, 0.4) is 0 Å². The largest absolute Gasteiger partial charge is 0.379 e. The monoisotopic (exact) mass is 365 g/mol. The summed E-state index contributed by atoms with van der Waals surface area (Å²) in [5.41, 5.74) is 4.64. The number of pyridine rings is 1. The molecule has 0 spiro atoms. The molecule has 1 fully saturated rings. The van der Waals surface area contributed by atoms with Crippen molar-refractivity contribution in [3.63, 3.8) is 0 Å². The number of benzene rings is 1. The fourth-order valence-corrected chi connectivity index (χ4v) is 4.09. The predicted octanol–water partition coefficient (Wildman–Crippen LogP) is 2.76. The molecule has 1 N–H and O–H groups in total. The van der Waals surface area contributed by atoms with E-state index in [4.69, 9.17) is 4.74 Å². The van der Waals surface area contributed by atoms with Gasteiger partial charge in [-0.3, -0.25) is 14.7 Å². The summed E-state index contributed by atoms with van der Waals surface area (Å²) in [6, 6.07) is 10.3. The third kappa shape index (κ3) is 4.37. The number of hydrogen-bond acceptors (Lipinski definition) is 4. The molecular weight excluding hydrogens is 338 g/mol. The lowest BCUT2D eigenvalue weighted by Gasteiger charge is -2.34. The molecule has 1 aliphatic carbocycles. The lowest BCUT2D eigenvalue weighted by Crippen LogP contribution is -2.43. The molecule has 2 heterocycles. The van der Waals surface area contributed by atoms with Crippen LogP contribution in [-0.2, 0) is 17.6 Å². The number of aryl methyl sites for hydroxylation is 2. The number of morpholine rings is 1. The quantitative estimate of drug-likeness (QED) is 0.885. The zero-order chi connectivity index (χ0) is 18.5. The van der Waals surface area contributed by atoms with Crippen LogP contribution in [-0.4, -0.2) is 48.6 Å². The van der Waals surface area contributed by atoms with E-state index in [-0.39, 0.29) is 11.9 Å². The van der Waals surface area contributed by atoms with E-state index >= 15 is 0 Å². The molecule has 2 aliphatic rings. The van der Waals surface area contributed by atoms with Gasteiger partial charge < -0.3 is 10.1 Å². The highest BCUT2D eigenvalue weighted by molar-refractivity contribution is 5.94. The van der Waals surface area contributed by atoms with Gasteiger partial charge in [-0.25, -0.2) is 0 Å². The Balaban J connectivity index is 1.46. The number of rotatable bonds is 5. The van der Waals surface area contributed by atoms with Crippen molar-refractivity contribution in [3.8, 4) is 0 Å². The van der Waals surface area contributed by atoms with Crippen LogP contribution in [0.1, 0.15) is 45.9 Å². The van der Waals surface area contributed by atoms with Crippen LogP contribution in [0.5, 0.6) is 0 Å². The maximum Gasteiger partial charge on any atom is 0.251 e. The Kier molecular flexibility index (Phi) is 5.80. The van der Waals surface area contributed by atoms with Crippen molar-refractivity contribution in [1.29, 1.82) is 0 Å². The normalized spacial score (nSPS) is 18.5. The first-order valence-electron chi connectivity index (χ1n) is 9.93. The minimum Gasteiger partial charge on any atom is -0.379 e. The number of nitrogens with one attached hydrogen (secondary N) is 1. The van der Waals surface area contributed by atoms with Crippen molar-refractivity contribution < 1.29 is 9.53 Å². The Labute approximate surface area is 160 Å². The molecule has 1 amide bonds. The van der Waals surface area contributed by atoms with E-state index in [1.165, 1.54) is 24.0 Å². The van der Waals surface area contributed by atoms with Gasteiger partial charge in [0.15, 0.2) is 0 Å². The summed E-state index contributed by atoms with van der Waals surface area (Å²) in [7, 11) is 0. The van der Waals surface area contributed by atoms with Crippen molar-refractivity contribution in [3.05, 3.63) is 65.0 Å². The van der Waals surface area contributed by atoms with Crippen LogP contribution in [0, 0.1) is 0 Å². The molecule has 1 saturated heterocycles. The van der Waals surface area contributed by atoms with Gasteiger partial charge in [-0.1, -0.05) is 12.1 Å². The van der Waals surface area contributed by atoms with Gasteiger partial charge in [-0.05, 0) is 60.6 Å². The Hall–Kier alpha value is -2.24. The van der Waals surface area contributed by atoms with E-state index in [0.29, 0.717) is 6.54 Å². The van der Waals surface area contributed by atoms with Crippen LogP contribution >= 0.6 is 0 Å². The highest BCUT2D eigenvalue weighted by Crippen LogP contribution is 2.23. The number of carbonyl (C=O) groups excluding carboxylic acids is 1. The zero-order valence-corrected chi connectivity index (χ0v) is 15.7. The van der Waals surface area contributed by atoms with Crippen molar-refractivity contribution in [2.45, 2.75) is 31.7 Å². The van der Waals surface area contributed by atoms with Crippen LogP contribution in [0.15, 0.2) is 42.7 Å². The summed E-state index contributed by atoms with van der Waals surface area (Å²) in [6.45, 7) is 3.77. The Morgan fingerprint density at radius 1 is 1.15 bits per heavy atom. The summed E-state index contributed by atoms with van der Waals surface area (Å²) in [5.74, 6) is 0.00511. The first-order chi connectivity index (χ1) is 13.3. The maximum absolute atomic E-state index is 12.8. The van der Waals surface area contributed by atoms with Gasteiger partial charge in [-0.2, -0.15) is 0 Å². The van der Waals surface area contributed by atoms with E-state index in [1.54, 1.807) is 6.20 Å². The predicted molar refractivity (Wildman–Crippen MR) is 105 cm³/mol. The van der Waals surface area contributed by atoms with Gasteiger partial charge in [0, 0.05) is 37.6 Å². The van der Waals surface area contributed by atoms with Gasteiger partial charge in [-0.15, -0.1) is 0 Å². The second-order valence-corrected chi connectivity index (χ2v) is 7.35. The molecule has 0 bridgehead atoms. The molecule has 1 aliphatic heterocycles. The molecule has 142 valence electrons. The summed E-state index contributed by atoms with van der Waals surface area (Å²) >= 11 is 0. The van der Waals surface area contributed by atoms with E-state index in [9.17, 15) is 4.79 Å². The number of ether oxygens (including phenoxy) is 1. The molecule has 5 nitrogen and oxygen atoms in total. The van der Waals surface area contributed by atoms with Crippen LogP contribution in [0.25, 0.3) is 0 Å². The molecule has 1 unspecified atom stereocenters. The lowest BCUT2D eigenvalue weighted by atomic mass is 9.90. The molecule has 0 radical (unpaired) electrons. The van der Waals surface area contributed by atoms with Crippen LogP contribution < -0.4 is 5.32 Å². The van der Waals surface area contributed by atoms with Gasteiger partial charge in [0.2, 0.25) is 0 Å². The lowest BCUT2D eigenvalue weighted by molar-refractivity contribution is 0.0161. The zero-order valence-electron chi connectivity index (χ0n) is 15.7. The van der Waals surface area contributed by atoms with E-state index in [1.807, 2.05) is 18.3 Å². The van der Waals surface area contributed by atoms with Crippen LogP contribution in [0.2, 0.25) is 0 Å². The number of fused-ring (bicyclic) bond motifs is 1. The fourth-order valence-electron chi connectivity index (χ4n) is 4.09. The topological polar surface area (TPSA) is 54.5 Å². The molecule has 0 saturated carbocycles. The van der Waals surface area contributed by atoms with E-state index in [0.717, 1.165) is 50.3 Å². The van der Waals surface area contributed by atoms with E-state index in [2.05, 4.69) is 33.4 Å². The summed E-state index contributed by atoms with van der Waals surface area (Å²) < 4.78 is 5.49. The second kappa shape index (κ2) is 8.63. The van der Waals surface area contributed by atoms with Gasteiger partial charge in [0.1, 0.15) is 0 Å². The number of aromatic nitrogens is 1. The molecule has 1 aromatic carbocycles. The van der Waals surface area contributed by atoms with Gasteiger partial charge in [0.25, 0.3) is 5.91 Å². The number of amides is 1. The average molecular weight is 365 g/mol. The minimum atomic E-state index is 0.00511. The molecule has 5 heteroatoms. The summed E-state index contributed by atoms with van der Waals surface area (Å²) in [4.78, 5) is 19.4. The molecule has 1 aromatic heterocycles. The Morgan fingerprint density at radius 3 is 2.74 bits per heavy atom. The summed E-state index contributed by atoms with van der Waals surface area (Å²) in [6.07, 6.45) is 8.37. The van der Waals surface area contributed by atoms with Crippen molar-refractivity contribution in [1.82, 2.24) is 15.2 Å². The second-order valence-electron chi connectivity index (χ2n) is 7.35. The molecule has 4 rings (SSSR count). The minimum absolute atomic E-state index is 0.00511. The molecule has 2 aromatic rings. The smallest absolute Gasteiger partial charge is 0.251 e. The van der Waals surface area contributed by atoms with Crippen molar-refractivity contribution in [2.24, 2.45) is 0 Å². The number of carbonyl (C=O) groups is 1. The average Bonchev–Trinajstić information content (AvgIpc) is 2.75. The number of nitrogens with zero attached hydrogens (tertiary/aromatic N) is 2. The third-order valence-corrected chi connectivity index (χ3v) is 5.62. The summed E-state index contributed by atoms with van der Waals surface area (Å²) in [5, 5.41) is 3.15. The SMILES string of the molecule is O=C(NCC(c1cccnc1)N1CCOCC1)c1ccc2c(c1)CCCC2. The van der Waals surface area contributed by atoms with Gasteiger partial charge in [0.05, 0.1) is 19.3 Å². The molecule has 1 atom stereocenters. The van der Waals surface area contributed by atoms with Gasteiger partial charge >= 0.3 is 0 Å². The van der Waals surface area contributed by atoms with Crippen LogP contribution in [0.4, 0.5) is 0 Å². The van der Waals surface area contributed by atoms with Crippen molar-refractivity contribution >= 4 is 5.91 Å². The van der Waals surface area contributed by atoms with E-state index < -0.39 is 0 Å². The standard InChI is InChI=1S/C22H27N3O2/c26-22(19-8-7-17-4-1-2-5-18(17)14-19)24-16-21(20-6-3-9-23-15-20)25-10-12-27-13-11-25/h3,6-9,14-15,21H,1-2,4-5,10-13,16H2,(H,24,26). The third-order valence-electron chi connectivity index (χ3n) is 5.62. The fraction of sp³-hybridized carbons (Fsp3) is 0.455.